The predicted octanol–water partition coefficient (Wildman–Crippen LogP) is 5.63. The molecule has 0 heterocycles. The summed E-state index contributed by atoms with van der Waals surface area (Å²) < 4.78 is 0. The molecule has 0 fully saturated rings. The molecule has 0 spiro atoms. The van der Waals surface area contributed by atoms with Crippen molar-refractivity contribution in [2.75, 3.05) is 5.32 Å². The quantitative estimate of drug-likeness (QED) is 0.674. The second-order valence-electron chi connectivity index (χ2n) is 5.43. The third-order valence-electron chi connectivity index (χ3n) is 3.76. The van der Waals surface area contributed by atoms with Gasteiger partial charge in [-0.2, -0.15) is 0 Å². The fourth-order valence-electron chi connectivity index (χ4n) is 2.23. The van der Waals surface area contributed by atoms with Crippen LogP contribution in [-0.2, 0) is 0 Å². The number of rotatable bonds is 4. The van der Waals surface area contributed by atoms with Gasteiger partial charge in [-0.1, -0.05) is 55.2 Å². The van der Waals surface area contributed by atoms with Gasteiger partial charge in [-0.15, -0.1) is 0 Å². The number of hydrogen-bond acceptors (Lipinski definition) is 2. The topological polar surface area (TPSA) is 41.1 Å². The number of carbonyl (C=O) groups is 1. The lowest BCUT2D eigenvalue weighted by Gasteiger charge is -2.17. The van der Waals surface area contributed by atoms with Crippen LogP contribution in [-0.4, -0.2) is 11.0 Å². The Hall–Kier alpha value is -1.62. The van der Waals surface area contributed by atoms with Crippen molar-refractivity contribution < 1.29 is 4.79 Å². The van der Waals surface area contributed by atoms with Crippen molar-refractivity contribution in [3.05, 3.63) is 63.6 Å². The van der Waals surface area contributed by atoms with Crippen molar-refractivity contribution >= 4 is 52.1 Å². The van der Waals surface area contributed by atoms with Gasteiger partial charge in [-0.3, -0.25) is 10.1 Å². The summed E-state index contributed by atoms with van der Waals surface area (Å²) in [4.78, 5) is 12.2. The highest BCUT2D eigenvalue weighted by Crippen LogP contribution is 2.26. The van der Waals surface area contributed by atoms with Crippen LogP contribution in [0.4, 0.5) is 5.69 Å². The van der Waals surface area contributed by atoms with Crippen LogP contribution in [0.2, 0.25) is 10.0 Å². The number of benzene rings is 2. The number of nitrogens with one attached hydrogen (secondary N) is 2. The van der Waals surface area contributed by atoms with E-state index in [1.807, 2.05) is 18.2 Å². The van der Waals surface area contributed by atoms with Crippen LogP contribution in [0.15, 0.2) is 42.5 Å². The van der Waals surface area contributed by atoms with E-state index in [-0.39, 0.29) is 11.0 Å². The lowest BCUT2D eigenvalue weighted by molar-refractivity contribution is 0.0977. The highest BCUT2D eigenvalue weighted by Gasteiger charge is 2.12. The molecule has 0 radical (unpaired) electrons. The van der Waals surface area contributed by atoms with Gasteiger partial charge < -0.3 is 5.32 Å². The molecule has 1 atom stereocenters. The summed E-state index contributed by atoms with van der Waals surface area (Å²) in [5.41, 5.74) is 2.45. The van der Waals surface area contributed by atoms with E-state index < -0.39 is 0 Å². The first-order chi connectivity index (χ1) is 11.4. The molecule has 2 aromatic rings. The van der Waals surface area contributed by atoms with E-state index in [1.165, 1.54) is 6.07 Å². The molecule has 0 aromatic heterocycles. The van der Waals surface area contributed by atoms with Crippen LogP contribution in [0.3, 0.4) is 0 Å². The molecule has 3 nitrogen and oxygen atoms in total. The Morgan fingerprint density at radius 2 is 1.88 bits per heavy atom. The molecule has 2 aromatic carbocycles. The molecule has 0 aliphatic heterocycles. The van der Waals surface area contributed by atoms with E-state index in [0.29, 0.717) is 21.5 Å². The first kappa shape index (κ1) is 18.7. The number of hydrogen-bond donors (Lipinski definition) is 2. The minimum Gasteiger partial charge on any atom is -0.332 e. The summed E-state index contributed by atoms with van der Waals surface area (Å²) in [6.07, 6.45) is 1.01. The smallest absolute Gasteiger partial charge is 0.257 e. The first-order valence-corrected chi connectivity index (χ1v) is 8.75. The van der Waals surface area contributed by atoms with Gasteiger partial charge in [0.25, 0.3) is 5.91 Å². The number of amides is 1. The number of anilines is 1. The Labute approximate surface area is 157 Å². The largest absolute Gasteiger partial charge is 0.332 e. The van der Waals surface area contributed by atoms with Crippen molar-refractivity contribution in [2.45, 2.75) is 26.2 Å². The lowest BCUT2D eigenvalue weighted by atomic mass is 9.97. The number of carbonyl (C=O) groups excluding carboxylic acids is 1. The standard InChI is InChI=1S/C18H18Cl2N2OS/c1-3-11(2)13-6-4-5-7-16(13)21-18(24)22-17(23)12-8-9-14(19)15(20)10-12/h4-11H,3H2,1-2H3,(H2,21,22,23,24). The van der Waals surface area contributed by atoms with Crippen molar-refractivity contribution in [3.8, 4) is 0 Å². The maximum absolute atomic E-state index is 12.2. The summed E-state index contributed by atoms with van der Waals surface area (Å²) in [6, 6.07) is 12.6. The average molecular weight is 381 g/mol. The van der Waals surface area contributed by atoms with Gasteiger partial charge in [0.05, 0.1) is 10.0 Å². The highest BCUT2D eigenvalue weighted by atomic mass is 35.5. The number of para-hydroxylation sites is 1. The highest BCUT2D eigenvalue weighted by molar-refractivity contribution is 7.80. The molecule has 1 unspecified atom stereocenters. The number of halogens is 2. The zero-order valence-electron chi connectivity index (χ0n) is 13.4. The Balaban J connectivity index is 2.08. The monoisotopic (exact) mass is 380 g/mol. The van der Waals surface area contributed by atoms with E-state index in [4.69, 9.17) is 35.4 Å². The van der Waals surface area contributed by atoms with Crippen LogP contribution < -0.4 is 10.6 Å². The second-order valence-corrected chi connectivity index (χ2v) is 6.66. The summed E-state index contributed by atoms with van der Waals surface area (Å²) in [5.74, 6) is 0.0503. The summed E-state index contributed by atoms with van der Waals surface area (Å²) in [5, 5.41) is 6.71. The maximum Gasteiger partial charge on any atom is 0.257 e. The fourth-order valence-corrected chi connectivity index (χ4v) is 2.73. The zero-order valence-corrected chi connectivity index (χ0v) is 15.7. The second kappa shape index (κ2) is 8.47. The molecule has 24 heavy (non-hydrogen) atoms. The van der Waals surface area contributed by atoms with Crippen molar-refractivity contribution in [1.82, 2.24) is 5.32 Å². The molecule has 0 bridgehead atoms. The fraction of sp³-hybridized carbons (Fsp3) is 0.222. The molecular formula is C18H18Cl2N2OS. The van der Waals surface area contributed by atoms with Gasteiger partial charge >= 0.3 is 0 Å². The Bertz CT molecular complexity index is 764. The Morgan fingerprint density at radius 3 is 2.54 bits per heavy atom. The van der Waals surface area contributed by atoms with Gasteiger partial charge in [0.1, 0.15) is 0 Å². The van der Waals surface area contributed by atoms with Crippen LogP contribution in [0, 0.1) is 0 Å². The minimum atomic E-state index is -0.341. The summed E-state index contributed by atoms with van der Waals surface area (Å²) in [6.45, 7) is 4.28. The lowest BCUT2D eigenvalue weighted by Crippen LogP contribution is -2.34. The minimum absolute atomic E-state index is 0.238. The van der Waals surface area contributed by atoms with Gasteiger partial charge in [0, 0.05) is 11.3 Å². The van der Waals surface area contributed by atoms with Gasteiger partial charge in [0.2, 0.25) is 0 Å². The molecule has 2 N–H and O–H groups in total. The molecule has 0 aliphatic rings. The molecule has 126 valence electrons. The maximum atomic E-state index is 12.2. The number of thiocarbonyl (C=S) groups is 1. The third kappa shape index (κ3) is 4.69. The molecule has 0 saturated carbocycles. The van der Waals surface area contributed by atoms with Crippen LogP contribution in [0.5, 0.6) is 0 Å². The van der Waals surface area contributed by atoms with E-state index in [2.05, 4.69) is 30.5 Å². The van der Waals surface area contributed by atoms with E-state index >= 15 is 0 Å². The average Bonchev–Trinajstić information content (AvgIpc) is 2.57. The van der Waals surface area contributed by atoms with Crippen LogP contribution >= 0.6 is 35.4 Å². The first-order valence-electron chi connectivity index (χ1n) is 7.58. The predicted molar refractivity (Wildman–Crippen MR) is 105 cm³/mol. The molecule has 1 amide bonds. The van der Waals surface area contributed by atoms with Crippen molar-refractivity contribution in [1.29, 1.82) is 0 Å². The van der Waals surface area contributed by atoms with E-state index in [9.17, 15) is 4.79 Å². The third-order valence-corrected chi connectivity index (χ3v) is 4.70. The SMILES string of the molecule is CCC(C)c1ccccc1NC(=S)NC(=O)c1ccc(Cl)c(Cl)c1. The Morgan fingerprint density at radius 1 is 1.17 bits per heavy atom. The Kier molecular flexibility index (Phi) is 6.60. The molecule has 6 heteroatoms. The van der Waals surface area contributed by atoms with Gasteiger partial charge in [0.15, 0.2) is 5.11 Å². The zero-order chi connectivity index (χ0) is 17.7. The van der Waals surface area contributed by atoms with Crippen molar-refractivity contribution in [2.24, 2.45) is 0 Å². The normalized spacial score (nSPS) is 11.7. The van der Waals surface area contributed by atoms with Gasteiger partial charge in [-0.25, -0.2) is 0 Å². The molecule has 0 saturated heterocycles. The van der Waals surface area contributed by atoms with Crippen molar-refractivity contribution in [3.63, 3.8) is 0 Å². The summed E-state index contributed by atoms with van der Waals surface area (Å²) in [7, 11) is 0. The molecule has 2 rings (SSSR count). The van der Waals surface area contributed by atoms with Crippen LogP contribution in [0.1, 0.15) is 42.1 Å². The van der Waals surface area contributed by atoms with Crippen LogP contribution in [0.25, 0.3) is 0 Å². The summed E-state index contributed by atoms with van der Waals surface area (Å²) >= 11 is 17.0. The van der Waals surface area contributed by atoms with E-state index in [0.717, 1.165) is 17.7 Å². The van der Waals surface area contributed by atoms with E-state index in [1.54, 1.807) is 12.1 Å². The molecular weight excluding hydrogens is 363 g/mol. The van der Waals surface area contributed by atoms with Gasteiger partial charge in [-0.05, 0) is 54.4 Å². The molecule has 0 aliphatic carbocycles.